The lowest BCUT2D eigenvalue weighted by molar-refractivity contribution is -0.143. The molecule has 2 aromatic carbocycles. The Bertz CT molecular complexity index is 974. The molecule has 2 aliphatic rings. The Morgan fingerprint density at radius 2 is 1.60 bits per heavy atom. The number of alkyl halides is 3. The minimum Gasteiger partial charge on any atom is -0.303 e. The Balaban J connectivity index is 1.57. The number of nitrogens with one attached hydrogen (secondary N) is 1. The maximum absolute atomic E-state index is 14.1. The molecule has 0 radical (unpaired) electrons. The highest BCUT2D eigenvalue weighted by atomic mass is 19.4. The van der Waals surface area contributed by atoms with E-state index in [-0.39, 0.29) is 19.0 Å². The number of carbonyl (C=O) groups excluding carboxylic acids is 2. The van der Waals surface area contributed by atoms with E-state index in [4.69, 9.17) is 0 Å². The van der Waals surface area contributed by atoms with Gasteiger partial charge in [0.2, 0.25) is 0 Å². The van der Waals surface area contributed by atoms with Crippen LogP contribution in [0.1, 0.15) is 30.4 Å². The van der Waals surface area contributed by atoms with Crippen molar-refractivity contribution in [2.75, 3.05) is 18.4 Å². The van der Waals surface area contributed by atoms with E-state index in [1.165, 1.54) is 5.01 Å². The van der Waals surface area contributed by atoms with E-state index in [0.29, 0.717) is 25.3 Å². The molecular formula is C21H19F4N3O2. The van der Waals surface area contributed by atoms with Crippen molar-refractivity contribution >= 4 is 17.6 Å². The maximum atomic E-state index is 14.1. The Morgan fingerprint density at radius 3 is 2.23 bits per heavy atom. The number of hydrazine groups is 1. The predicted molar refractivity (Wildman–Crippen MR) is 101 cm³/mol. The van der Waals surface area contributed by atoms with E-state index in [2.05, 4.69) is 0 Å². The van der Waals surface area contributed by atoms with Gasteiger partial charge in [-0.2, -0.15) is 13.2 Å². The summed E-state index contributed by atoms with van der Waals surface area (Å²) in [6.07, 6.45) is -3.09. The number of carbonyl (C=O) groups is 2. The number of rotatable bonds is 3. The topological polar surface area (TPSA) is 52.7 Å². The third-order valence-corrected chi connectivity index (χ3v) is 5.54. The first kappa shape index (κ1) is 20.2. The van der Waals surface area contributed by atoms with Crippen LogP contribution in [0.5, 0.6) is 0 Å². The minimum atomic E-state index is -4.84. The number of amides is 3. The maximum Gasteiger partial charge on any atom is 0.418 e. The van der Waals surface area contributed by atoms with Gasteiger partial charge in [0.05, 0.1) is 16.7 Å². The molecule has 0 aromatic heterocycles. The molecule has 1 aliphatic carbocycles. The number of anilines is 1. The van der Waals surface area contributed by atoms with Crippen LogP contribution in [0, 0.1) is 5.82 Å². The van der Waals surface area contributed by atoms with Crippen molar-refractivity contribution in [1.82, 2.24) is 10.0 Å². The van der Waals surface area contributed by atoms with Crippen LogP contribution in [-0.4, -0.2) is 35.0 Å². The summed E-state index contributed by atoms with van der Waals surface area (Å²) in [7, 11) is 0. The Morgan fingerprint density at radius 1 is 0.933 bits per heavy atom. The van der Waals surface area contributed by atoms with Crippen LogP contribution >= 0.6 is 0 Å². The van der Waals surface area contributed by atoms with Gasteiger partial charge < -0.3 is 5.32 Å². The van der Waals surface area contributed by atoms with Crippen LogP contribution in [0.2, 0.25) is 0 Å². The van der Waals surface area contributed by atoms with Gasteiger partial charge in [0.15, 0.2) is 0 Å². The van der Waals surface area contributed by atoms with Crippen LogP contribution in [0.15, 0.2) is 48.5 Å². The molecule has 1 aliphatic heterocycles. The number of urea groups is 1. The lowest BCUT2D eigenvalue weighted by atomic mass is 9.95. The summed E-state index contributed by atoms with van der Waals surface area (Å²) < 4.78 is 53.7. The van der Waals surface area contributed by atoms with Gasteiger partial charge >= 0.3 is 12.2 Å². The molecule has 2 fully saturated rings. The molecule has 2 aromatic rings. The number of hydrogen-bond donors (Lipinski definition) is 1. The molecule has 9 heteroatoms. The van der Waals surface area contributed by atoms with E-state index >= 15 is 0 Å². The highest BCUT2D eigenvalue weighted by Crippen LogP contribution is 2.50. The zero-order valence-electron chi connectivity index (χ0n) is 15.9. The van der Waals surface area contributed by atoms with Crippen LogP contribution in [-0.2, 0) is 16.4 Å². The third-order valence-electron chi connectivity index (χ3n) is 5.54. The number of benzene rings is 2. The summed E-state index contributed by atoms with van der Waals surface area (Å²) in [6.45, 7) is 0.419. The summed E-state index contributed by atoms with van der Waals surface area (Å²) in [5.41, 5.74) is -2.11. The van der Waals surface area contributed by atoms with Gasteiger partial charge in [0.25, 0.3) is 5.91 Å². The molecule has 158 valence electrons. The van der Waals surface area contributed by atoms with E-state index in [1.54, 1.807) is 0 Å². The van der Waals surface area contributed by atoms with Gasteiger partial charge in [-0.3, -0.25) is 4.79 Å². The Kier molecular flexibility index (Phi) is 4.91. The smallest absolute Gasteiger partial charge is 0.303 e. The number of nitrogens with zero attached hydrogens (tertiary/aromatic N) is 2. The van der Waals surface area contributed by atoms with Gasteiger partial charge in [0.1, 0.15) is 5.82 Å². The van der Waals surface area contributed by atoms with Gasteiger partial charge in [-0.15, -0.1) is 0 Å². The minimum absolute atomic E-state index is 0.151. The average molecular weight is 421 g/mol. The molecule has 3 amide bonds. The van der Waals surface area contributed by atoms with Crippen molar-refractivity contribution in [2.24, 2.45) is 0 Å². The molecule has 1 saturated carbocycles. The fourth-order valence-corrected chi connectivity index (χ4v) is 3.85. The third kappa shape index (κ3) is 3.48. The molecule has 5 nitrogen and oxygen atoms in total. The SMILES string of the molecule is O=C(Nc1c(F)cccc1C(F)(F)F)N1CCCN1C(=O)C1(c2ccccc2)CC1. The largest absolute Gasteiger partial charge is 0.418 e. The van der Waals surface area contributed by atoms with E-state index < -0.39 is 34.7 Å². The normalized spacial score (nSPS) is 17.7. The van der Waals surface area contributed by atoms with Crippen molar-refractivity contribution in [3.8, 4) is 0 Å². The molecule has 1 N–H and O–H groups in total. The predicted octanol–water partition coefficient (Wildman–Crippen LogP) is 4.56. The standard InChI is InChI=1S/C21H19F4N3O2/c22-16-9-4-8-15(21(23,24)25)17(16)26-19(30)28-13-5-12-27(28)18(29)20(10-11-20)14-6-2-1-3-7-14/h1-4,6-9H,5,10-13H2,(H,26,30). The second-order valence-electron chi connectivity index (χ2n) is 7.44. The fourth-order valence-electron chi connectivity index (χ4n) is 3.85. The quantitative estimate of drug-likeness (QED) is 0.739. The molecule has 0 unspecified atom stereocenters. The fraction of sp³-hybridized carbons (Fsp3) is 0.333. The monoisotopic (exact) mass is 421 g/mol. The highest BCUT2D eigenvalue weighted by Gasteiger charge is 2.55. The molecule has 0 atom stereocenters. The molecule has 0 bridgehead atoms. The van der Waals surface area contributed by atoms with Gasteiger partial charge in [-0.1, -0.05) is 36.4 Å². The van der Waals surface area contributed by atoms with Crippen molar-refractivity contribution in [3.05, 3.63) is 65.5 Å². The Labute approximate surface area is 170 Å². The lowest BCUT2D eigenvalue weighted by Crippen LogP contribution is -2.50. The molecule has 30 heavy (non-hydrogen) atoms. The van der Waals surface area contributed by atoms with Crippen LogP contribution < -0.4 is 5.32 Å². The molecule has 1 saturated heterocycles. The van der Waals surface area contributed by atoms with Gasteiger partial charge in [-0.25, -0.2) is 19.2 Å². The van der Waals surface area contributed by atoms with Crippen molar-refractivity contribution < 1.29 is 27.2 Å². The summed E-state index contributed by atoms with van der Waals surface area (Å²) in [6, 6.07) is 10.7. The highest BCUT2D eigenvalue weighted by molar-refractivity contribution is 5.96. The first-order valence-corrected chi connectivity index (χ1v) is 9.56. The van der Waals surface area contributed by atoms with Gasteiger partial charge in [0, 0.05) is 13.1 Å². The molecule has 0 spiro atoms. The molecule has 4 rings (SSSR count). The van der Waals surface area contributed by atoms with Crippen molar-refractivity contribution in [1.29, 1.82) is 0 Å². The zero-order valence-corrected chi connectivity index (χ0v) is 15.9. The lowest BCUT2D eigenvalue weighted by Gasteiger charge is -2.31. The summed E-state index contributed by atoms with van der Waals surface area (Å²) in [5.74, 6) is -1.47. The number of halogens is 4. The first-order valence-electron chi connectivity index (χ1n) is 9.56. The second kappa shape index (κ2) is 7.30. The van der Waals surface area contributed by atoms with Gasteiger partial charge in [-0.05, 0) is 37.0 Å². The summed E-state index contributed by atoms with van der Waals surface area (Å²) >= 11 is 0. The van der Waals surface area contributed by atoms with Crippen LogP contribution in [0.4, 0.5) is 28.0 Å². The summed E-state index contributed by atoms with van der Waals surface area (Å²) in [5, 5.41) is 4.36. The Hall–Kier alpha value is -3.10. The molecular weight excluding hydrogens is 402 g/mol. The van der Waals surface area contributed by atoms with Crippen LogP contribution in [0.3, 0.4) is 0 Å². The van der Waals surface area contributed by atoms with E-state index in [1.807, 2.05) is 35.6 Å². The molecule has 1 heterocycles. The average Bonchev–Trinajstić information content (AvgIpc) is 3.38. The first-order chi connectivity index (χ1) is 14.2. The zero-order chi connectivity index (χ0) is 21.5. The van der Waals surface area contributed by atoms with Crippen LogP contribution in [0.25, 0.3) is 0 Å². The number of para-hydroxylation sites is 1. The van der Waals surface area contributed by atoms with Crippen molar-refractivity contribution in [3.63, 3.8) is 0 Å². The van der Waals surface area contributed by atoms with Crippen molar-refractivity contribution in [2.45, 2.75) is 30.9 Å². The van der Waals surface area contributed by atoms with E-state index in [9.17, 15) is 27.2 Å². The number of hydrogen-bond acceptors (Lipinski definition) is 2. The van der Waals surface area contributed by atoms with E-state index in [0.717, 1.165) is 22.7 Å². The summed E-state index contributed by atoms with van der Waals surface area (Å²) in [4.78, 5) is 26.0. The second-order valence-corrected chi connectivity index (χ2v) is 7.44.